The minimum atomic E-state index is -1.75. The summed E-state index contributed by atoms with van der Waals surface area (Å²) in [5.41, 5.74) is 5.69. The summed E-state index contributed by atoms with van der Waals surface area (Å²) in [7, 11) is 0. The first-order valence-electron chi connectivity index (χ1n) is 36.0. The van der Waals surface area contributed by atoms with Gasteiger partial charge in [-0.3, -0.25) is 0 Å². The maximum Gasteiger partial charge on any atom is 0.229 e. The van der Waals surface area contributed by atoms with Gasteiger partial charge in [-0.05, 0) is 168 Å². The Bertz CT molecular complexity index is 3620. The molecule has 0 bridgehead atoms. The van der Waals surface area contributed by atoms with Gasteiger partial charge in [0.2, 0.25) is 6.93 Å². The van der Waals surface area contributed by atoms with Gasteiger partial charge in [-0.1, -0.05) is 144 Å². The van der Waals surface area contributed by atoms with Crippen LogP contribution in [0.5, 0.6) is 57.5 Å². The van der Waals surface area contributed by atoms with Crippen molar-refractivity contribution < 1.29 is 111 Å². The molecule has 0 aliphatic carbocycles. The third-order valence-corrected chi connectivity index (χ3v) is 15.0. The number of rotatable bonds is 46. The van der Waals surface area contributed by atoms with Crippen LogP contribution < -0.4 is 47.4 Å². The lowest BCUT2D eigenvalue weighted by atomic mass is 10.0. The summed E-state index contributed by atoms with van der Waals surface area (Å²) in [4.78, 5) is 25.1. The molecule has 0 fully saturated rings. The van der Waals surface area contributed by atoms with E-state index in [-0.39, 0.29) is 93.1 Å². The fraction of sp³-hybridized carbons (Fsp3) is 0.438. The van der Waals surface area contributed by atoms with Gasteiger partial charge in [0.25, 0.3) is 0 Å². The van der Waals surface area contributed by atoms with E-state index < -0.39 is 58.1 Å². The van der Waals surface area contributed by atoms with Gasteiger partial charge >= 0.3 is 0 Å². The molecule has 0 heterocycles. The summed E-state index contributed by atoms with van der Waals surface area (Å²) < 4.78 is 169. The third kappa shape index (κ3) is 58.2. The fourth-order valence-electron chi connectivity index (χ4n) is 7.86. The first kappa shape index (κ1) is 113. The lowest BCUT2D eigenvalue weighted by Crippen LogP contribution is -2.05. The van der Waals surface area contributed by atoms with Gasteiger partial charge < -0.3 is 71.6 Å². The number of alkyl halides is 2. The maximum atomic E-state index is 14.1. The number of benzene rings is 5. The fourth-order valence-corrected chi connectivity index (χ4v) is 9.30. The smallest absolute Gasteiger partial charge is 0.229 e. The molecule has 0 saturated carbocycles. The van der Waals surface area contributed by atoms with E-state index in [9.17, 15) is 39.5 Å². The van der Waals surface area contributed by atoms with Crippen molar-refractivity contribution >= 4 is 165 Å². The Morgan fingerprint density at radius 2 is 0.592 bits per heavy atom. The number of oxime groups is 5. The van der Waals surface area contributed by atoms with Crippen LogP contribution in [-0.4, -0.2) is 135 Å². The van der Waals surface area contributed by atoms with Crippen molar-refractivity contribution in [1.82, 2.24) is 0 Å². The Hall–Kier alpha value is -6.91. The van der Waals surface area contributed by atoms with Crippen molar-refractivity contribution in [3.63, 3.8) is 0 Å². The highest BCUT2D eigenvalue weighted by molar-refractivity contribution is 9.11. The molecule has 0 N–H and O–H groups in total. The van der Waals surface area contributed by atoms with E-state index in [4.69, 9.17) is 176 Å². The summed E-state index contributed by atoms with van der Waals surface area (Å²) in [6.45, 7) is 25.9. The van der Waals surface area contributed by atoms with Crippen molar-refractivity contribution in [3.8, 4) is 57.5 Å². The summed E-state index contributed by atoms with van der Waals surface area (Å²) in [6, 6.07) is 13.4. The second-order valence-corrected chi connectivity index (χ2v) is 30.7. The zero-order valence-corrected chi connectivity index (χ0v) is 78.0. The van der Waals surface area contributed by atoms with Crippen molar-refractivity contribution in [2.75, 3.05) is 106 Å². The van der Waals surface area contributed by atoms with E-state index in [2.05, 4.69) is 57.6 Å². The Kier molecular flexibility index (Phi) is 64.6. The first-order valence-corrected chi connectivity index (χ1v) is 41.0. The third-order valence-electron chi connectivity index (χ3n) is 12.6. The van der Waals surface area contributed by atoms with Gasteiger partial charge in [0.05, 0.1) is 71.1 Å². The maximum absolute atomic E-state index is 14.1. The van der Waals surface area contributed by atoms with E-state index in [0.717, 1.165) is 58.4 Å². The molecule has 5 aromatic carbocycles. The lowest BCUT2D eigenvalue weighted by Gasteiger charge is -2.17. The van der Waals surface area contributed by atoms with Crippen LogP contribution in [0.4, 0.5) is 39.5 Å². The molecular weight excluding hydrogens is 1920 g/mol. The standard InChI is InChI=1S/C18H24BrClFNO3.C16H20Cl2FNO3.C15H17BrCl2FNO3.2C15H17Cl2F2NO3.CH2F2/c1-12(2)15-10-14(23-9-6-17(19)21)11-16(20)18(15)24-7-5-8-25-22-13(3)4;1-11(2)20-23-7-4-6-22-16-12(3)9-13(10-14(16)19)21-8-5-15(17)18;1-10(2)20-23-6-3-5-22-15-12(16)8-11(9-13(15)19)21-7-4-14(17)18;2*1-10(2)20-23-6-3-5-22-15-12(18)8-11(9-13(15)19)21-7-4-14(16)17;2-1-3/h6,10-12H,5,7-9H2,1-4H3;5,9-10H,4,6-8H2,1-3H3;3*4,8-9H,3,5-7H2,1-2H3;1H2/b17-6-;;;;;. The Balaban J connectivity index is 0.00000146. The summed E-state index contributed by atoms with van der Waals surface area (Å²) in [6.07, 6.45) is 9.67. The molecule has 0 amide bonds. The van der Waals surface area contributed by atoms with Gasteiger partial charge in [0.1, 0.15) is 119 Å². The van der Waals surface area contributed by atoms with Crippen LogP contribution in [0.2, 0.25) is 5.02 Å². The van der Waals surface area contributed by atoms with E-state index in [1.807, 2.05) is 61.5 Å². The molecular formula is C80H97Br2Cl9F9N5O15. The molecule has 5 aromatic rings. The summed E-state index contributed by atoms with van der Waals surface area (Å²) >= 11 is 55.8. The van der Waals surface area contributed by atoms with Crippen LogP contribution in [0.15, 0.2) is 144 Å². The van der Waals surface area contributed by atoms with E-state index in [0.29, 0.717) is 123 Å². The van der Waals surface area contributed by atoms with Crippen LogP contribution in [0.3, 0.4) is 0 Å². The Morgan fingerprint density at radius 3 is 0.858 bits per heavy atom. The summed E-state index contributed by atoms with van der Waals surface area (Å²) in [5.74, 6) is -2.88. The van der Waals surface area contributed by atoms with Gasteiger partial charge in [0, 0.05) is 80.1 Å². The highest BCUT2D eigenvalue weighted by Crippen LogP contribution is 2.39. The second kappa shape index (κ2) is 68.5. The second-order valence-electron chi connectivity index (χ2n) is 24.7. The monoisotopic (exact) mass is 2010 g/mol. The lowest BCUT2D eigenvalue weighted by molar-refractivity contribution is 0.125. The average Bonchev–Trinajstić information content (AvgIpc) is 0.810. The number of aryl methyl sites for hydroxylation is 1. The van der Waals surface area contributed by atoms with Gasteiger partial charge in [0.15, 0.2) is 62.6 Å². The van der Waals surface area contributed by atoms with Crippen molar-refractivity contribution in [1.29, 1.82) is 0 Å². The van der Waals surface area contributed by atoms with Crippen LogP contribution in [0.1, 0.15) is 132 Å². The molecule has 5 rings (SSSR count). The van der Waals surface area contributed by atoms with Crippen LogP contribution >= 0.6 is 136 Å². The Labute approximate surface area is 756 Å². The minimum Gasteiger partial charge on any atom is -0.492 e. The first-order chi connectivity index (χ1) is 56.8. The van der Waals surface area contributed by atoms with Crippen LogP contribution in [-0.2, 0) is 24.2 Å². The van der Waals surface area contributed by atoms with Crippen molar-refractivity contribution in [2.24, 2.45) is 25.8 Å². The molecule has 0 radical (unpaired) electrons. The number of ether oxygens (including phenoxy) is 10. The Morgan fingerprint density at radius 1 is 0.350 bits per heavy atom. The molecule has 20 nitrogen and oxygen atoms in total. The van der Waals surface area contributed by atoms with Crippen molar-refractivity contribution in [3.05, 3.63) is 169 Å². The molecule has 0 aliphatic rings. The molecule has 672 valence electrons. The van der Waals surface area contributed by atoms with Gasteiger partial charge in [-0.25, -0.2) is 35.1 Å². The van der Waals surface area contributed by atoms with Crippen molar-refractivity contribution in [2.45, 2.75) is 128 Å². The number of halogens is 20. The van der Waals surface area contributed by atoms with Crippen LogP contribution in [0.25, 0.3) is 0 Å². The largest absolute Gasteiger partial charge is 0.492 e. The topological polar surface area (TPSA) is 200 Å². The SMILES string of the molecule is CC(C)=NOCCCOc1c(C)cc(OCC=C(Cl)Cl)cc1F.CC(C)=NOCCCOc1c(Cl)cc(OC/C=C(\F)Br)cc1C(C)C.CC(C)=NOCCCOc1c(F)cc(OCC=C(Cl)Cl)cc1Br.CC(C)=NOCCCOc1c(F)cc(OCC=C(Cl)Cl)cc1F.CC(C)=NOCCCOc1c(F)cc(OCC=C(Cl)Cl)cc1F.FCF. The van der Waals surface area contributed by atoms with Gasteiger partial charge in [-0.2, -0.15) is 4.39 Å². The van der Waals surface area contributed by atoms with E-state index in [1.165, 1.54) is 42.5 Å². The molecule has 40 heteroatoms. The zero-order valence-electron chi connectivity index (χ0n) is 68.0. The molecule has 0 saturated heterocycles. The number of hydrogen-bond donors (Lipinski definition) is 0. The predicted molar refractivity (Wildman–Crippen MR) is 470 cm³/mol. The number of nitrogens with zero attached hydrogens (tertiary/aromatic N) is 5. The number of hydrogen-bond acceptors (Lipinski definition) is 20. The normalized spacial score (nSPS) is 10.2. The quantitative estimate of drug-likeness (QED) is 0.0154. The highest BCUT2D eigenvalue weighted by atomic mass is 79.9. The molecule has 120 heavy (non-hydrogen) atoms. The highest BCUT2D eigenvalue weighted by Gasteiger charge is 2.19. The molecule has 0 aromatic heterocycles. The minimum absolute atomic E-state index is 0.00385. The molecule has 0 spiro atoms. The summed E-state index contributed by atoms with van der Waals surface area (Å²) in [5, 5.41) is 19.4. The predicted octanol–water partition coefficient (Wildman–Crippen LogP) is 27.3. The van der Waals surface area contributed by atoms with Crippen LogP contribution in [0, 0.1) is 41.8 Å². The van der Waals surface area contributed by atoms with E-state index in [1.54, 1.807) is 52.8 Å². The average molecular weight is 2020 g/mol. The van der Waals surface area contributed by atoms with E-state index >= 15 is 0 Å². The molecule has 0 atom stereocenters. The van der Waals surface area contributed by atoms with Gasteiger partial charge in [-0.15, -0.1) is 0 Å². The molecule has 0 aliphatic heterocycles. The molecule has 0 unspecified atom stereocenters. The zero-order chi connectivity index (χ0) is 90.5.